The molecule has 3 rings (SSSR count). The maximum Gasteiger partial charge on any atom is 0.416 e. The highest BCUT2D eigenvalue weighted by atomic mass is 19.4. The molecule has 0 bridgehead atoms. The van der Waals surface area contributed by atoms with Gasteiger partial charge in [-0.3, -0.25) is 14.5 Å². The Kier molecular flexibility index (Phi) is 11.3. The number of alkyl halides is 3. The number of nitrogens with one attached hydrogen (secondary N) is 2. The highest BCUT2D eigenvalue weighted by molar-refractivity contribution is 5.95. The number of halogens is 3. The van der Waals surface area contributed by atoms with Crippen LogP contribution in [0.25, 0.3) is 0 Å². The van der Waals surface area contributed by atoms with E-state index in [1.54, 1.807) is 13.8 Å². The van der Waals surface area contributed by atoms with E-state index in [1.165, 1.54) is 17.7 Å². The van der Waals surface area contributed by atoms with Crippen LogP contribution >= 0.6 is 0 Å². The normalized spacial score (nSPS) is 14.7. The van der Waals surface area contributed by atoms with Gasteiger partial charge in [0.05, 0.1) is 5.56 Å². The number of aryl methyl sites for hydroxylation is 2. The molecule has 1 heterocycles. The molecule has 9 heteroatoms. The van der Waals surface area contributed by atoms with Crippen LogP contribution in [-0.4, -0.2) is 66.9 Å². The van der Waals surface area contributed by atoms with Crippen LogP contribution in [0.2, 0.25) is 0 Å². The number of hydrogen-bond acceptors (Lipinski definition) is 4. The number of rotatable bonds is 6. The van der Waals surface area contributed by atoms with E-state index in [0.717, 1.165) is 43.4 Å². The van der Waals surface area contributed by atoms with Crippen LogP contribution in [-0.2, 0) is 12.7 Å². The minimum Gasteiger partial charge on any atom is -0.350 e. The maximum atomic E-state index is 13.4. The van der Waals surface area contributed by atoms with Gasteiger partial charge < -0.3 is 15.5 Å². The van der Waals surface area contributed by atoms with Gasteiger partial charge in [-0.25, -0.2) is 0 Å². The average molecular weight is 535 g/mol. The molecule has 0 atom stereocenters. The highest BCUT2D eigenvalue weighted by Gasteiger charge is 2.34. The Morgan fingerprint density at radius 1 is 0.816 bits per heavy atom. The Morgan fingerprint density at radius 3 is 1.79 bits per heavy atom. The first kappa shape index (κ1) is 31.3. The van der Waals surface area contributed by atoms with E-state index in [1.807, 2.05) is 57.8 Å². The van der Waals surface area contributed by atoms with E-state index in [-0.39, 0.29) is 35.7 Å². The van der Waals surface area contributed by atoms with Crippen LogP contribution in [0.15, 0.2) is 36.4 Å². The molecule has 2 aromatic rings. The van der Waals surface area contributed by atoms with Crippen LogP contribution in [0.1, 0.15) is 70.7 Å². The van der Waals surface area contributed by atoms with Crippen LogP contribution < -0.4 is 10.6 Å². The van der Waals surface area contributed by atoms with E-state index in [0.29, 0.717) is 0 Å². The van der Waals surface area contributed by atoms with Crippen molar-refractivity contribution in [2.45, 2.75) is 66.3 Å². The standard InChI is InChI=1S/C17H24F3N3O.C12H17NO/c1-12(2)21-16(24)13-4-5-14(15(10-13)17(18,19)20)11-23-8-6-22(3)7-9-23;1-8(2)13-12(14)11-6-5-9(3)10(4)7-11/h4-5,10,12H,6-9,11H2,1-3H3,(H,21,24);5-8H,1-4H3,(H,13,14). The summed E-state index contributed by atoms with van der Waals surface area (Å²) in [4.78, 5) is 27.8. The van der Waals surface area contributed by atoms with Crippen LogP contribution in [0.4, 0.5) is 13.2 Å². The van der Waals surface area contributed by atoms with Gasteiger partial charge in [-0.2, -0.15) is 13.2 Å². The lowest BCUT2D eigenvalue weighted by molar-refractivity contribution is -0.138. The lowest BCUT2D eigenvalue weighted by Gasteiger charge is -2.33. The van der Waals surface area contributed by atoms with Gasteiger partial charge in [0.25, 0.3) is 11.8 Å². The summed E-state index contributed by atoms with van der Waals surface area (Å²) < 4.78 is 40.2. The van der Waals surface area contributed by atoms with E-state index >= 15 is 0 Å². The molecule has 0 saturated carbocycles. The third-order valence-corrected chi connectivity index (χ3v) is 6.28. The zero-order chi connectivity index (χ0) is 28.6. The second kappa shape index (κ2) is 13.8. The van der Waals surface area contributed by atoms with Crippen LogP contribution in [0, 0.1) is 13.8 Å². The van der Waals surface area contributed by atoms with Crippen molar-refractivity contribution in [3.63, 3.8) is 0 Å². The number of amides is 2. The molecule has 0 unspecified atom stereocenters. The lowest BCUT2D eigenvalue weighted by atomic mass is 10.0. The summed E-state index contributed by atoms with van der Waals surface area (Å²) in [5.74, 6) is -0.482. The minimum absolute atomic E-state index is 0.00287. The van der Waals surface area contributed by atoms with Gasteiger partial charge in [0.2, 0.25) is 0 Å². The third kappa shape index (κ3) is 9.76. The zero-order valence-corrected chi connectivity index (χ0v) is 23.5. The van der Waals surface area contributed by atoms with Gasteiger partial charge >= 0.3 is 6.18 Å². The fraction of sp³-hybridized carbons (Fsp3) is 0.517. The minimum atomic E-state index is -4.48. The number of carbonyl (C=O) groups is 2. The van der Waals surface area contributed by atoms with Crippen molar-refractivity contribution in [1.82, 2.24) is 20.4 Å². The number of benzene rings is 2. The quantitative estimate of drug-likeness (QED) is 0.546. The molecule has 0 spiro atoms. The van der Waals surface area contributed by atoms with Gasteiger partial charge in [-0.05, 0) is 89.5 Å². The molecule has 1 fully saturated rings. The molecule has 1 saturated heterocycles. The van der Waals surface area contributed by atoms with Gasteiger partial charge in [-0.15, -0.1) is 0 Å². The molecule has 210 valence electrons. The molecule has 1 aliphatic heterocycles. The van der Waals surface area contributed by atoms with Crippen molar-refractivity contribution >= 4 is 11.8 Å². The van der Waals surface area contributed by atoms with Crippen molar-refractivity contribution in [3.05, 3.63) is 69.8 Å². The number of likely N-dealkylation sites (N-methyl/N-ethyl adjacent to an activating group) is 1. The van der Waals surface area contributed by atoms with Crippen molar-refractivity contribution in [2.75, 3.05) is 33.2 Å². The van der Waals surface area contributed by atoms with E-state index in [2.05, 4.69) is 15.5 Å². The number of hydrogen-bond donors (Lipinski definition) is 2. The zero-order valence-electron chi connectivity index (χ0n) is 23.5. The first-order valence-corrected chi connectivity index (χ1v) is 13.0. The smallest absolute Gasteiger partial charge is 0.350 e. The molecule has 0 aliphatic carbocycles. The lowest BCUT2D eigenvalue weighted by Crippen LogP contribution is -2.44. The Labute approximate surface area is 224 Å². The summed E-state index contributed by atoms with van der Waals surface area (Å²) >= 11 is 0. The molecule has 38 heavy (non-hydrogen) atoms. The van der Waals surface area contributed by atoms with E-state index in [4.69, 9.17) is 0 Å². The van der Waals surface area contributed by atoms with Gasteiger partial charge in [0, 0.05) is 55.9 Å². The fourth-order valence-corrected chi connectivity index (χ4v) is 3.94. The fourth-order valence-electron chi connectivity index (χ4n) is 3.94. The predicted molar refractivity (Wildman–Crippen MR) is 145 cm³/mol. The first-order valence-electron chi connectivity index (χ1n) is 13.0. The number of piperazine rings is 1. The van der Waals surface area contributed by atoms with Crippen molar-refractivity contribution in [3.8, 4) is 0 Å². The molecule has 2 N–H and O–H groups in total. The molecule has 1 aliphatic rings. The highest BCUT2D eigenvalue weighted by Crippen LogP contribution is 2.33. The molecular weight excluding hydrogens is 493 g/mol. The predicted octanol–water partition coefficient (Wildman–Crippen LogP) is 5.03. The Hall–Kier alpha value is -2.91. The second-order valence-corrected chi connectivity index (χ2v) is 10.5. The Morgan fingerprint density at radius 2 is 1.32 bits per heavy atom. The number of carbonyl (C=O) groups excluding carboxylic acids is 2. The molecule has 0 radical (unpaired) electrons. The summed E-state index contributed by atoms with van der Waals surface area (Å²) in [6, 6.07) is 9.68. The molecule has 2 amide bonds. The maximum absolute atomic E-state index is 13.4. The van der Waals surface area contributed by atoms with Gasteiger partial charge in [-0.1, -0.05) is 12.1 Å². The van der Waals surface area contributed by atoms with Crippen molar-refractivity contribution in [1.29, 1.82) is 0 Å². The van der Waals surface area contributed by atoms with Crippen LogP contribution in [0.3, 0.4) is 0 Å². The van der Waals surface area contributed by atoms with Crippen LogP contribution in [0.5, 0.6) is 0 Å². The van der Waals surface area contributed by atoms with Gasteiger partial charge in [0.1, 0.15) is 0 Å². The summed E-state index contributed by atoms with van der Waals surface area (Å²) in [5.41, 5.74) is 2.64. The third-order valence-electron chi connectivity index (χ3n) is 6.28. The SMILES string of the molecule is CC(C)NC(=O)c1ccc(CN2CCN(C)CC2)c(C(F)(F)F)c1.Cc1ccc(C(=O)NC(C)C)cc1C. The summed E-state index contributed by atoms with van der Waals surface area (Å²) in [6.07, 6.45) is -4.48. The van der Waals surface area contributed by atoms with E-state index < -0.39 is 17.6 Å². The summed E-state index contributed by atoms with van der Waals surface area (Å²) in [6.45, 7) is 14.9. The largest absolute Gasteiger partial charge is 0.416 e. The topological polar surface area (TPSA) is 64.7 Å². The monoisotopic (exact) mass is 534 g/mol. The van der Waals surface area contributed by atoms with Gasteiger partial charge in [0.15, 0.2) is 0 Å². The molecule has 0 aromatic heterocycles. The summed E-state index contributed by atoms with van der Waals surface area (Å²) in [7, 11) is 2.00. The summed E-state index contributed by atoms with van der Waals surface area (Å²) in [5, 5.41) is 5.49. The Balaban J connectivity index is 0.000000308. The second-order valence-electron chi connectivity index (χ2n) is 10.5. The average Bonchev–Trinajstić information content (AvgIpc) is 2.81. The number of nitrogens with zero attached hydrogens (tertiary/aromatic N) is 2. The first-order chi connectivity index (χ1) is 17.7. The van der Waals surface area contributed by atoms with E-state index in [9.17, 15) is 22.8 Å². The molecule has 6 nitrogen and oxygen atoms in total. The van der Waals surface area contributed by atoms with Crippen molar-refractivity contribution < 1.29 is 22.8 Å². The van der Waals surface area contributed by atoms with Crippen molar-refractivity contribution in [2.24, 2.45) is 0 Å². The Bertz CT molecular complexity index is 1090. The molecule has 2 aromatic carbocycles. The molecular formula is C29H41F3N4O2.